The molecule has 0 spiro atoms. The topological polar surface area (TPSA) is 89.4 Å². The number of hydrogen-bond donors (Lipinski definition) is 2. The van der Waals surface area contributed by atoms with Crippen molar-refractivity contribution in [2.24, 2.45) is 5.73 Å². The van der Waals surface area contributed by atoms with E-state index in [9.17, 15) is 9.59 Å². The van der Waals surface area contributed by atoms with Gasteiger partial charge in [0.05, 0.1) is 6.54 Å². The molecule has 0 heterocycles. The standard InChI is InChI=1S/C13H19N3O2/c1-8(2)16(7-12(15)17)13(18)10-4-9(3)5-11(14)6-10/h4-6,8H,7,14H2,1-3H3,(H2,15,17). The highest BCUT2D eigenvalue weighted by Crippen LogP contribution is 2.14. The Morgan fingerprint density at radius 3 is 2.33 bits per heavy atom. The first-order valence-electron chi connectivity index (χ1n) is 5.77. The smallest absolute Gasteiger partial charge is 0.254 e. The molecular formula is C13H19N3O2. The van der Waals surface area contributed by atoms with Gasteiger partial charge in [0.25, 0.3) is 5.91 Å². The van der Waals surface area contributed by atoms with Gasteiger partial charge in [0.2, 0.25) is 5.91 Å². The van der Waals surface area contributed by atoms with Crippen LogP contribution < -0.4 is 11.5 Å². The van der Waals surface area contributed by atoms with E-state index in [1.165, 1.54) is 4.90 Å². The van der Waals surface area contributed by atoms with Crippen LogP contribution in [0, 0.1) is 6.92 Å². The minimum Gasteiger partial charge on any atom is -0.399 e. The lowest BCUT2D eigenvalue weighted by Crippen LogP contribution is -2.42. The lowest BCUT2D eigenvalue weighted by Gasteiger charge is -2.25. The number of carbonyl (C=O) groups is 2. The van der Waals surface area contributed by atoms with Crippen LogP contribution in [0.25, 0.3) is 0 Å². The number of nitrogens with zero attached hydrogens (tertiary/aromatic N) is 1. The molecule has 0 atom stereocenters. The highest BCUT2D eigenvalue weighted by atomic mass is 16.2. The molecular weight excluding hydrogens is 230 g/mol. The van der Waals surface area contributed by atoms with Crippen molar-refractivity contribution < 1.29 is 9.59 Å². The van der Waals surface area contributed by atoms with E-state index in [0.29, 0.717) is 11.3 Å². The predicted octanol–water partition coefficient (Wildman–Crippen LogP) is 0.913. The lowest BCUT2D eigenvalue weighted by molar-refractivity contribution is -0.119. The summed E-state index contributed by atoms with van der Waals surface area (Å²) in [6, 6.07) is 5.03. The summed E-state index contributed by atoms with van der Waals surface area (Å²) in [4.78, 5) is 24.7. The van der Waals surface area contributed by atoms with Crippen LogP contribution in [0.3, 0.4) is 0 Å². The average Bonchev–Trinajstić information content (AvgIpc) is 2.23. The molecule has 1 aromatic rings. The summed E-state index contributed by atoms with van der Waals surface area (Å²) in [7, 11) is 0. The lowest BCUT2D eigenvalue weighted by atomic mass is 10.1. The summed E-state index contributed by atoms with van der Waals surface area (Å²) in [6.07, 6.45) is 0. The van der Waals surface area contributed by atoms with E-state index in [1.54, 1.807) is 18.2 Å². The third kappa shape index (κ3) is 3.48. The van der Waals surface area contributed by atoms with E-state index < -0.39 is 5.91 Å². The van der Waals surface area contributed by atoms with E-state index in [4.69, 9.17) is 11.5 Å². The molecule has 0 saturated heterocycles. The molecule has 5 nitrogen and oxygen atoms in total. The van der Waals surface area contributed by atoms with E-state index in [2.05, 4.69) is 0 Å². The third-order valence-electron chi connectivity index (χ3n) is 2.56. The zero-order valence-electron chi connectivity index (χ0n) is 10.9. The van der Waals surface area contributed by atoms with Gasteiger partial charge in [0.1, 0.15) is 0 Å². The second-order valence-electron chi connectivity index (χ2n) is 4.63. The SMILES string of the molecule is Cc1cc(N)cc(C(=O)N(CC(N)=O)C(C)C)c1. The van der Waals surface area contributed by atoms with Crippen molar-refractivity contribution in [1.82, 2.24) is 4.90 Å². The average molecular weight is 249 g/mol. The van der Waals surface area contributed by atoms with Crippen molar-refractivity contribution in [3.63, 3.8) is 0 Å². The molecule has 0 fully saturated rings. The van der Waals surface area contributed by atoms with E-state index in [1.807, 2.05) is 20.8 Å². The van der Waals surface area contributed by atoms with Crippen molar-refractivity contribution >= 4 is 17.5 Å². The van der Waals surface area contributed by atoms with Gasteiger partial charge in [-0.1, -0.05) is 0 Å². The highest BCUT2D eigenvalue weighted by molar-refractivity contribution is 5.97. The quantitative estimate of drug-likeness (QED) is 0.777. The van der Waals surface area contributed by atoms with Gasteiger partial charge >= 0.3 is 0 Å². The Hall–Kier alpha value is -2.04. The summed E-state index contributed by atoms with van der Waals surface area (Å²) in [5, 5.41) is 0. The maximum Gasteiger partial charge on any atom is 0.254 e. The van der Waals surface area contributed by atoms with Gasteiger partial charge in [-0.15, -0.1) is 0 Å². The van der Waals surface area contributed by atoms with Crippen LogP contribution in [0.4, 0.5) is 5.69 Å². The fraction of sp³-hybridized carbons (Fsp3) is 0.385. The fourth-order valence-electron chi connectivity index (χ4n) is 1.76. The number of nitrogen functional groups attached to an aromatic ring is 1. The molecule has 0 aliphatic rings. The molecule has 1 aromatic carbocycles. The van der Waals surface area contributed by atoms with Crippen molar-refractivity contribution in [2.45, 2.75) is 26.8 Å². The molecule has 0 aliphatic carbocycles. The number of aryl methyl sites for hydroxylation is 1. The van der Waals surface area contributed by atoms with Crippen molar-refractivity contribution in [1.29, 1.82) is 0 Å². The monoisotopic (exact) mass is 249 g/mol. The Balaban J connectivity index is 3.05. The number of benzene rings is 1. The summed E-state index contributed by atoms with van der Waals surface area (Å²) in [5.41, 5.74) is 12.8. The number of primary amides is 1. The van der Waals surface area contributed by atoms with Crippen molar-refractivity contribution in [3.05, 3.63) is 29.3 Å². The van der Waals surface area contributed by atoms with Gasteiger partial charge in [-0.2, -0.15) is 0 Å². The molecule has 5 heteroatoms. The fourth-order valence-corrected chi connectivity index (χ4v) is 1.76. The van der Waals surface area contributed by atoms with E-state index >= 15 is 0 Å². The minimum atomic E-state index is -0.530. The molecule has 1 rings (SSSR count). The first-order chi connectivity index (χ1) is 8.31. The van der Waals surface area contributed by atoms with Crippen LogP contribution in [0.2, 0.25) is 0 Å². The van der Waals surface area contributed by atoms with Gasteiger partial charge < -0.3 is 16.4 Å². The van der Waals surface area contributed by atoms with Crippen LogP contribution in [0.1, 0.15) is 29.8 Å². The van der Waals surface area contributed by atoms with Crippen LogP contribution >= 0.6 is 0 Å². The third-order valence-corrected chi connectivity index (χ3v) is 2.56. The Bertz CT molecular complexity index is 449. The maximum atomic E-state index is 12.3. The van der Waals surface area contributed by atoms with E-state index in [0.717, 1.165) is 5.56 Å². The molecule has 0 aromatic heterocycles. The second-order valence-corrected chi connectivity index (χ2v) is 4.63. The number of nitrogens with two attached hydrogens (primary N) is 2. The van der Waals surface area contributed by atoms with Gasteiger partial charge in [-0.3, -0.25) is 9.59 Å². The number of anilines is 1. The van der Waals surface area contributed by atoms with Gasteiger partial charge in [-0.25, -0.2) is 0 Å². The molecule has 98 valence electrons. The molecule has 0 saturated carbocycles. The summed E-state index contributed by atoms with van der Waals surface area (Å²) < 4.78 is 0. The molecule has 0 bridgehead atoms. The van der Waals surface area contributed by atoms with Crippen molar-refractivity contribution in [2.75, 3.05) is 12.3 Å². The summed E-state index contributed by atoms with van der Waals surface area (Å²) >= 11 is 0. The van der Waals surface area contributed by atoms with Crippen LogP contribution in [0.5, 0.6) is 0 Å². The molecule has 4 N–H and O–H groups in total. The van der Waals surface area contributed by atoms with Crippen molar-refractivity contribution in [3.8, 4) is 0 Å². The number of carbonyl (C=O) groups excluding carboxylic acids is 2. The Labute approximate surface area is 107 Å². The van der Waals surface area contributed by atoms with Crippen LogP contribution in [-0.4, -0.2) is 29.3 Å². The Kier molecular flexibility index (Phi) is 4.31. The molecule has 0 radical (unpaired) electrons. The number of hydrogen-bond acceptors (Lipinski definition) is 3. The van der Waals surface area contributed by atoms with Crippen LogP contribution in [-0.2, 0) is 4.79 Å². The molecule has 18 heavy (non-hydrogen) atoms. The predicted molar refractivity (Wildman–Crippen MR) is 71.0 cm³/mol. The van der Waals surface area contributed by atoms with Gasteiger partial charge in [-0.05, 0) is 44.5 Å². The number of rotatable bonds is 4. The summed E-state index contributed by atoms with van der Waals surface area (Å²) in [5.74, 6) is -0.767. The highest BCUT2D eigenvalue weighted by Gasteiger charge is 2.20. The molecule has 2 amide bonds. The first kappa shape index (κ1) is 14.0. The maximum absolute atomic E-state index is 12.3. The Morgan fingerprint density at radius 2 is 1.89 bits per heavy atom. The minimum absolute atomic E-state index is 0.0929. The van der Waals surface area contributed by atoms with Gasteiger partial charge in [0, 0.05) is 17.3 Å². The molecule has 0 unspecified atom stereocenters. The largest absolute Gasteiger partial charge is 0.399 e. The second kappa shape index (κ2) is 5.53. The zero-order valence-corrected chi connectivity index (χ0v) is 10.9. The zero-order chi connectivity index (χ0) is 13.9. The summed E-state index contributed by atoms with van der Waals surface area (Å²) in [6.45, 7) is 5.44. The Morgan fingerprint density at radius 1 is 1.28 bits per heavy atom. The molecule has 0 aliphatic heterocycles. The first-order valence-corrected chi connectivity index (χ1v) is 5.77. The number of amides is 2. The van der Waals surface area contributed by atoms with E-state index in [-0.39, 0.29) is 18.5 Å². The van der Waals surface area contributed by atoms with Crippen LogP contribution in [0.15, 0.2) is 18.2 Å². The normalized spacial score (nSPS) is 10.4. The van der Waals surface area contributed by atoms with Gasteiger partial charge in [0.15, 0.2) is 0 Å².